The summed E-state index contributed by atoms with van der Waals surface area (Å²) in [6.07, 6.45) is 4.13. The Kier molecular flexibility index (Phi) is 3.73. The summed E-state index contributed by atoms with van der Waals surface area (Å²) in [5, 5.41) is 0.898. The molecule has 11 heavy (non-hydrogen) atoms. The van der Waals surface area contributed by atoms with Gasteiger partial charge in [-0.3, -0.25) is 0 Å². The molecule has 0 atom stereocenters. The van der Waals surface area contributed by atoms with E-state index in [0.29, 0.717) is 0 Å². The Bertz CT molecular complexity index is 238. The molecule has 2 heteroatoms. The number of benzene rings is 1. The molecule has 1 aromatic carbocycles. The Hall–Kier alpha value is -0.210. The number of halogens is 1. The Morgan fingerprint density at radius 3 is 2.45 bits per heavy atom. The lowest BCUT2D eigenvalue weighted by Crippen LogP contribution is -1.70. The molecule has 1 aromatic rings. The zero-order valence-electron chi connectivity index (χ0n) is 6.00. The zero-order chi connectivity index (χ0) is 8.10. The topological polar surface area (TPSA) is 0 Å². The van der Waals surface area contributed by atoms with Crippen LogP contribution in [0.15, 0.2) is 35.2 Å². The van der Waals surface area contributed by atoms with Crippen LogP contribution in [0.3, 0.4) is 0 Å². The van der Waals surface area contributed by atoms with Gasteiger partial charge in [-0.15, -0.1) is 12.6 Å². The molecule has 0 nitrogen and oxygen atoms in total. The highest BCUT2D eigenvalue weighted by Gasteiger charge is 1.84. The van der Waals surface area contributed by atoms with Crippen LogP contribution in [-0.2, 0) is 0 Å². The molecule has 58 valence electrons. The minimum atomic E-state index is 0.898. The van der Waals surface area contributed by atoms with Gasteiger partial charge in [0, 0.05) is 10.2 Å². The highest BCUT2D eigenvalue weighted by Crippen LogP contribution is 2.08. The summed E-state index contributed by atoms with van der Waals surface area (Å²) in [4.78, 5) is 1.00. The molecule has 0 radical (unpaired) electrons. The fourth-order valence-corrected chi connectivity index (χ4v) is 1.10. The quantitative estimate of drug-likeness (QED) is 0.583. The molecule has 0 unspecified atom stereocenters. The summed E-state index contributed by atoms with van der Waals surface area (Å²) in [6, 6.07) is 8.05. The van der Waals surface area contributed by atoms with Crippen molar-refractivity contribution in [3.8, 4) is 0 Å². The molecular weight excluding hydrogens is 220 g/mol. The van der Waals surface area contributed by atoms with E-state index in [2.05, 4.69) is 40.7 Å². The van der Waals surface area contributed by atoms with Gasteiger partial charge in [-0.2, -0.15) is 0 Å². The van der Waals surface area contributed by atoms with Gasteiger partial charge in [-0.25, -0.2) is 0 Å². The van der Waals surface area contributed by atoms with Crippen LogP contribution in [0, 0.1) is 0 Å². The SMILES string of the molecule is Sc1ccc(C=CCBr)cc1. The van der Waals surface area contributed by atoms with E-state index in [1.807, 2.05) is 24.3 Å². The number of hydrogen-bond donors (Lipinski definition) is 1. The van der Waals surface area contributed by atoms with Crippen LogP contribution >= 0.6 is 28.6 Å². The third-order valence-electron chi connectivity index (χ3n) is 1.29. The van der Waals surface area contributed by atoms with Crippen LogP contribution in [0.5, 0.6) is 0 Å². The molecule has 0 heterocycles. The predicted octanol–water partition coefficient (Wildman–Crippen LogP) is 3.38. The van der Waals surface area contributed by atoms with Gasteiger partial charge in [-0.1, -0.05) is 40.2 Å². The van der Waals surface area contributed by atoms with E-state index in [9.17, 15) is 0 Å². The third kappa shape index (κ3) is 3.12. The molecule has 0 amide bonds. The van der Waals surface area contributed by atoms with Gasteiger partial charge < -0.3 is 0 Å². The van der Waals surface area contributed by atoms with Gasteiger partial charge in [0.15, 0.2) is 0 Å². The molecule has 0 aliphatic rings. The first-order valence-corrected chi connectivity index (χ1v) is 4.91. The Balaban J connectivity index is 2.73. The minimum absolute atomic E-state index is 0.898. The van der Waals surface area contributed by atoms with E-state index in [1.54, 1.807) is 0 Å². The molecule has 1 rings (SSSR count). The van der Waals surface area contributed by atoms with Crippen LogP contribution in [-0.4, -0.2) is 5.33 Å². The monoisotopic (exact) mass is 228 g/mol. The lowest BCUT2D eigenvalue weighted by Gasteiger charge is -1.92. The number of rotatable bonds is 2. The largest absolute Gasteiger partial charge is 0.143 e. The van der Waals surface area contributed by atoms with Crippen LogP contribution in [0.25, 0.3) is 6.08 Å². The molecule has 0 aliphatic carbocycles. The van der Waals surface area contributed by atoms with Gasteiger partial charge >= 0.3 is 0 Å². The van der Waals surface area contributed by atoms with Crippen molar-refractivity contribution in [2.24, 2.45) is 0 Å². The highest BCUT2D eigenvalue weighted by atomic mass is 79.9. The van der Waals surface area contributed by atoms with Gasteiger partial charge in [-0.05, 0) is 17.7 Å². The lowest BCUT2D eigenvalue weighted by atomic mass is 10.2. The van der Waals surface area contributed by atoms with Crippen LogP contribution in [0.4, 0.5) is 0 Å². The molecular formula is C9H9BrS. The summed E-state index contributed by atoms with van der Waals surface area (Å²) in [6.45, 7) is 0. The van der Waals surface area contributed by atoms with Crippen molar-refractivity contribution >= 4 is 34.6 Å². The molecule has 0 bridgehead atoms. The van der Waals surface area contributed by atoms with E-state index in [1.165, 1.54) is 5.56 Å². The van der Waals surface area contributed by atoms with Crippen molar-refractivity contribution < 1.29 is 0 Å². The van der Waals surface area contributed by atoms with Gasteiger partial charge in [0.25, 0.3) is 0 Å². The molecule has 0 aromatic heterocycles. The second-order valence-corrected chi connectivity index (χ2v) is 3.31. The maximum absolute atomic E-state index is 4.19. The van der Waals surface area contributed by atoms with Crippen LogP contribution < -0.4 is 0 Å². The lowest BCUT2D eigenvalue weighted by molar-refractivity contribution is 1.46. The molecule has 0 aliphatic heterocycles. The predicted molar refractivity (Wildman–Crippen MR) is 56.5 cm³/mol. The van der Waals surface area contributed by atoms with Crippen molar-refractivity contribution in [3.63, 3.8) is 0 Å². The molecule has 0 spiro atoms. The number of thiol groups is 1. The van der Waals surface area contributed by atoms with Crippen molar-refractivity contribution in [3.05, 3.63) is 35.9 Å². The minimum Gasteiger partial charge on any atom is -0.143 e. The van der Waals surface area contributed by atoms with Crippen LogP contribution in [0.1, 0.15) is 5.56 Å². The second-order valence-electron chi connectivity index (χ2n) is 2.15. The summed E-state index contributed by atoms with van der Waals surface area (Å²) in [5.41, 5.74) is 1.21. The molecule has 0 saturated heterocycles. The normalized spacial score (nSPS) is 10.7. The van der Waals surface area contributed by atoms with Crippen LogP contribution in [0.2, 0.25) is 0 Å². The molecule has 0 N–H and O–H groups in total. The van der Waals surface area contributed by atoms with Gasteiger partial charge in [0.2, 0.25) is 0 Å². The second kappa shape index (κ2) is 4.62. The first-order valence-electron chi connectivity index (χ1n) is 3.34. The zero-order valence-corrected chi connectivity index (χ0v) is 8.48. The first-order chi connectivity index (χ1) is 5.33. The van der Waals surface area contributed by atoms with E-state index in [-0.39, 0.29) is 0 Å². The summed E-state index contributed by atoms with van der Waals surface area (Å²) in [7, 11) is 0. The number of allylic oxidation sites excluding steroid dienone is 1. The first kappa shape index (κ1) is 8.88. The van der Waals surface area contributed by atoms with E-state index in [0.717, 1.165) is 10.2 Å². The smallest absolute Gasteiger partial charge is 0.0215 e. The third-order valence-corrected chi connectivity index (χ3v) is 1.96. The standard InChI is InChI=1S/C9H9BrS/c10-7-1-2-8-3-5-9(11)6-4-8/h1-6,11H,7H2. The fraction of sp³-hybridized carbons (Fsp3) is 0.111. The Morgan fingerprint density at radius 2 is 1.91 bits per heavy atom. The highest BCUT2D eigenvalue weighted by molar-refractivity contribution is 9.09. The summed E-state index contributed by atoms with van der Waals surface area (Å²) >= 11 is 7.51. The van der Waals surface area contributed by atoms with Crippen molar-refractivity contribution in [2.75, 3.05) is 5.33 Å². The van der Waals surface area contributed by atoms with Crippen molar-refractivity contribution in [1.82, 2.24) is 0 Å². The van der Waals surface area contributed by atoms with E-state index in [4.69, 9.17) is 0 Å². The number of alkyl halides is 1. The average Bonchev–Trinajstić information content (AvgIpc) is 2.04. The van der Waals surface area contributed by atoms with E-state index < -0.39 is 0 Å². The molecule has 0 saturated carbocycles. The average molecular weight is 229 g/mol. The maximum atomic E-state index is 4.19. The summed E-state index contributed by atoms with van der Waals surface area (Å²) in [5.74, 6) is 0. The van der Waals surface area contributed by atoms with Gasteiger partial charge in [0.05, 0.1) is 0 Å². The maximum Gasteiger partial charge on any atom is 0.0215 e. The summed E-state index contributed by atoms with van der Waals surface area (Å²) < 4.78 is 0. The van der Waals surface area contributed by atoms with Crippen molar-refractivity contribution in [2.45, 2.75) is 4.90 Å². The Labute approximate surface area is 80.9 Å². The van der Waals surface area contributed by atoms with E-state index >= 15 is 0 Å². The van der Waals surface area contributed by atoms with Crippen molar-refractivity contribution in [1.29, 1.82) is 0 Å². The number of hydrogen-bond acceptors (Lipinski definition) is 1. The fourth-order valence-electron chi connectivity index (χ4n) is 0.766. The Morgan fingerprint density at radius 1 is 1.27 bits per heavy atom. The molecule has 0 fully saturated rings. The van der Waals surface area contributed by atoms with Gasteiger partial charge in [0.1, 0.15) is 0 Å².